The number of H-pyrrole nitrogens is 1. The topological polar surface area (TPSA) is 107 Å². The highest BCUT2D eigenvalue weighted by Crippen LogP contribution is 2.08. The minimum Gasteiger partial charge on any atom is -0.480 e. The van der Waals surface area contributed by atoms with Crippen LogP contribution in [0.3, 0.4) is 0 Å². The number of carbonyl (C=O) groups excluding carboxylic acids is 1. The Kier molecular flexibility index (Phi) is 5.35. The molecular weight excluding hydrogens is 248 g/mol. The fraction of sp³-hybridized carbons (Fsp3) is 0.583. The van der Waals surface area contributed by atoms with E-state index in [4.69, 9.17) is 5.11 Å². The van der Waals surface area contributed by atoms with E-state index in [-0.39, 0.29) is 5.92 Å². The molecular formula is C12H20N4O3. The predicted octanol–water partition coefficient (Wildman–Crippen LogP) is 1.02. The lowest BCUT2D eigenvalue weighted by atomic mass is 9.99. The number of carboxylic acids is 1. The number of carboxylic acid groups (broad SMARTS) is 1. The number of hydrogen-bond acceptors (Lipinski definition) is 3. The first kappa shape index (κ1) is 15.0. The highest BCUT2D eigenvalue weighted by Gasteiger charge is 2.25. The molecule has 0 saturated carbocycles. The minimum atomic E-state index is -1.02. The molecule has 0 aromatic carbocycles. The third kappa shape index (κ3) is 4.27. The Balaban J connectivity index is 2.49. The summed E-state index contributed by atoms with van der Waals surface area (Å²) in [7, 11) is 0. The molecule has 2 unspecified atom stereocenters. The number of nitrogens with one attached hydrogen (secondary N) is 3. The van der Waals surface area contributed by atoms with Crippen LogP contribution in [0.15, 0.2) is 6.20 Å². The molecule has 2 atom stereocenters. The average Bonchev–Trinajstić information content (AvgIpc) is 2.77. The summed E-state index contributed by atoms with van der Waals surface area (Å²) in [6, 6.07) is -1.37. The summed E-state index contributed by atoms with van der Waals surface area (Å²) < 4.78 is 0. The molecule has 0 aliphatic rings. The van der Waals surface area contributed by atoms with Gasteiger partial charge in [0.1, 0.15) is 6.04 Å². The number of aromatic amines is 1. The van der Waals surface area contributed by atoms with Crippen LogP contribution in [-0.4, -0.2) is 33.3 Å². The van der Waals surface area contributed by atoms with Crippen molar-refractivity contribution < 1.29 is 14.7 Å². The molecule has 0 aliphatic heterocycles. The zero-order chi connectivity index (χ0) is 14.4. The van der Waals surface area contributed by atoms with E-state index in [1.165, 1.54) is 0 Å². The number of aromatic nitrogens is 2. The summed E-state index contributed by atoms with van der Waals surface area (Å²) in [4.78, 5) is 22.7. The van der Waals surface area contributed by atoms with Gasteiger partial charge in [-0.3, -0.25) is 5.10 Å². The molecule has 1 heterocycles. The Morgan fingerprint density at radius 3 is 2.68 bits per heavy atom. The highest BCUT2D eigenvalue weighted by molar-refractivity contribution is 5.82. The van der Waals surface area contributed by atoms with Crippen LogP contribution in [0.4, 0.5) is 4.79 Å². The van der Waals surface area contributed by atoms with Crippen molar-refractivity contribution in [3.63, 3.8) is 0 Å². The molecule has 1 aromatic rings. The van der Waals surface area contributed by atoms with Crippen LogP contribution in [0.2, 0.25) is 0 Å². The lowest BCUT2D eigenvalue weighted by Crippen LogP contribution is -2.48. The molecule has 7 heteroatoms. The van der Waals surface area contributed by atoms with Gasteiger partial charge >= 0.3 is 12.0 Å². The average molecular weight is 268 g/mol. The summed E-state index contributed by atoms with van der Waals surface area (Å²) in [5.74, 6) is -1.15. The lowest BCUT2D eigenvalue weighted by Gasteiger charge is -2.20. The number of aryl methyl sites for hydroxylation is 1. The number of urea groups is 1. The van der Waals surface area contributed by atoms with Gasteiger partial charge in [0.25, 0.3) is 0 Å². The Bertz CT molecular complexity index is 444. The second kappa shape index (κ2) is 6.77. The normalized spacial score (nSPS) is 13.6. The Labute approximate surface area is 111 Å². The summed E-state index contributed by atoms with van der Waals surface area (Å²) in [5, 5.41) is 20.8. The summed E-state index contributed by atoms with van der Waals surface area (Å²) in [5.41, 5.74) is 1.74. The molecule has 2 amide bonds. The second-order valence-corrected chi connectivity index (χ2v) is 4.55. The zero-order valence-corrected chi connectivity index (χ0v) is 11.4. The van der Waals surface area contributed by atoms with E-state index in [2.05, 4.69) is 20.8 Å². The van der Waals surface area contributed by atoms with Gasteiger partial charge in [-0.05, 0) is 12.8 Å². The number of carbonyl (C=O) groups is 2. The van der Waals surface area contributed by atoms with Crippen molar-refractivity contribution in [2.75, 3.05) is 0 Å². The van der Waals surface area contributed by atoms with Gasteiger partial charge < -0.3 is 15.7 Å². The maximum absolute atomic E-state index is 11.7. The largest absolute Gasteiger partial charge is 0.480 e. The van der Waals surface area contributed by atoms with Crippen LogP contribution in [0, 0.1) is 12.8 Å². The summed E-state index contributed by atoms with van der Waals surface area (Å²) in [6.45, 7) is 5.83. The van der Waals surface area contributed by atoms with Gasteiger partial charge in [-0.1, -0.05) is 20.3 Å². The van der Waals surface area contributed by atoms with Crippen LogP contribution in [-0.2, 0) is 11.3 Å². The molecule has 4 N–H and O–H groups in total. The molecule has 7 nitrogen and oxygen atoms in total. The molecule has 0 spiro atoms. The van der Waals surface area contributed by atoms with E-state index < -0.39 is 18.0 Å². The quantitative estimate of drug-likeness (QED) is 0.617. The van der Waals surface area contributed by atoms with E-state index in [0.717, 1.165) is 11.3 Å². The first-order valence-electron chi connectivity index (χ1n) is 6.21. The van der Waals surface area contributed by atoms with Crippen molar-refractivity contribution in [1.82, 2.24) is 20.8 Å². The van der Waals surface area contributed by atoms with Gasteiger partial charge in [0.2, 0.25) is 0 Å². The van der Waals surface area contributed by atoms with Crippen molar-refractivity contribution in [3.05, 3.63) is 17.5 Å². The SMILES string of the molecule is CCC(C)C(NC(=O)NCc1cn[nH]c1C)C(=O)O. The first-order chi connectivity index (χ1) is 8.95. The maximum atomic E-state index is 11.7. The number of amides is 2. The number of aliphatic carboxylic acids is 1. The summed E-state index contributed by atoms with van der Waals surface area (Å²) >= 11 is 0. The Hall–Kier alpha value is -2.05. The van der Waals surface area contributed by atoms with Crippen LogP contribution < -0.4 is 10.6 Å². The van der Waals surface area contributed by atoms with Gasteiger partial charge in [-0.15, -0.1) is 0 Å². The molecule has 0 bridgehead atoms. The second-order valence-electron chi connectivity index (χ2n) is 4.55. The Morgan fingerprint density at radius 1 is 1.53 bits per heavy atom. The van der Waals surface area contributed by atoms with Crippen molar-refractivity contribution in [1.29, 1.82) is 0 Å². The maximum Gasteiger partial charge on any atom is 0.326 e. The van der Waals surface area contributed by atoms with Crippen molar-refractivity contribution >= 4 is 12.0 Å². The zero-order valence-electron chi connectivity index (χ0n) is 11.4. The van der Waals surface area contributed by atoms with Gasteiger partial charge in [0, 0.05) is 17.8 Å². The van der Waals surface area contributed by atoms with Crippen LogP contribution in [0.1, 0.15) is 31.5 Å². The van der Waals surface area contributed by atoms with Gasteiger partial charge in [0.15, 0.2) is 0 Å². The van der Waals surface area contributed by atoms with E-state index in [1.54, 1.807) is 13.1 Å². The molecule has 0 aliphatic carbocycles. The van der Waals surface area contributed by atoms with E-state index in [0.29, 0.717) is 13.0 Å². The number of nitrogens with zero attached hydrogens (tertiary/aromatic N) is 1. The molecule has 0 radical (unpaired) electrons. The van der Waals surface area contributed by atoms with Gasteiger partial charge in [-0.25, -0.2) is 9.59 Å². The molecule has 106 valence electrons. The highest BCUT2D eigenvalue weighted by atomic mass is 16.4. The fourth-order valence-corrected chi connectivity index (χ4v) is 1.60. The third-order valence-corrected chi connectivity index (χ3v) is 3.14. The van der Waals surface area contributed by atoms with Crippen molar-refractivity contribution in [3.8, 4) is 0 Å². The van der Waals surface area contributed by atoms with Crippen molar-refractivity contribution in [2.45, 2.75) is 39.8 Å². The number of rotatable bonds is 6. The summed E-state index contributed by atoms with van der Waals surface area (Å²) in [6.07, 6.45) is 2.30. The van der Waals surface area contributed by atoms with Crippen LogP contribution in [0.25, 0.3) is 0 Å². The van der Waals surface area contributed by atoms with E-state index >= 15 is 0 Å². The monoisotopic (exact) mass is 268 g/mol. The smallest absolute Gasteiger partial charge is 0.326 e. The number of hydrogen-bond donors (Lipinski definition) is 4. The van der Waals surface area contributed by atoms with Crippen LogP contribution in [0.5, 0.6) is 0 Å². The van der Waals surface area contributed by atoms with E-state index in [1.807, 2.05) is 13.8 Å². The van der Waals surface area contributed by atoms with Crippen molar-refractivity contribution in [2.24, 2.45) is 5.92 Å². The molecule has 0 saturated heterocycles. The predicted molar refractivity (Wildman–Crippen MR) is 69.6 cm³/mol. The van der Waals surface area contributed by atoms with Gasteiger partial charge in [-0.2, -0.15) is 5.10 Å². The molecule has 1 rings (SSSR count). The third-order valence-electron chi connectivity index (χ3n) is 3.14. The van der Waals surface area contributed by atoms with Gasteiger partial charge in [0.05, 0.1) is 6.20 Å². The molecule has 19 heavy (non-hydrogen) atoms. The first-order valence-corrected chi connectivity index (χ1v) is 6.21. The standard InChI is InChI=1S/C12H20N4O3/c1-4-7(2)10(11(17)18)15-12(19)13-5-9-6-14-16-8(9)3/h6-7,10H,4-5H2,1-3H3,(H,14,16)(H,17,18)(H2,13,15,19). The Morgan fingerprint density at radius 2 is 2.21 bits per heavy atom. The minimum absolute atomic E-state index is 0.126. The molecule has 1 aromatic heterocycles. The van der Waals surface area contributed by atoms with E-state index in [9.17, 15) is 9.59 Å². The van der Waals surface area contributed by atoms with Crippen LogP contribution >= 0.6 is 0 Å². The molecule has 0 fully saturated rings. The lowest BCUT2D eigenvalue weighted by molar-refractivity contribution is -0.140. The fourth-order valence-electron chi connectivity index (χ4n) is 1.60.